The van der Waals surface area contributed by atoms with Gasteiger partial charge in [0.15, 0.2) is 17.3 Å². The molecule has 0 bridgehead atoms. The maximum Gasteiger partial charge on any atom is 0.310 e. The first-order valence-electron chi connectivity index (χ1n) is 9.81. The fraction of sp³-hybridized carbons (Fsp3) is 0.130. The molecule has 0 N–H and O–H groups in total. The van der Waals surface area contributed by atoms with E-state index in [4.69, 9.17) is 13.9 Å². The van der Waals surface area contributed by atoms with Crippen molar-refractivity contribution in [3.8, 4) is 11.5 Å². The van der Waals surface area contributed by atoms with Crippen LogP contribution in [0.3, 0.4) is 0 Å². The number of hydrazone groups is 1. The van der Waals surface area contributed by atoms with Crippen molar-refractivity contribution >= 4 is 22.7 Å². The minimum absolute atomic E-state index is 0.203. The summed E-state index contributed by atoms with van der Waals surface area (Å²) in [6, 6.07) is 14.5. The Morgan fingerprint density at radius 2 is 1.84 bits per heavy atom. The summed E-state index contributed by atoms with van der Waals surface area (Å²) in [6.07, 6.45) is 5.33. The highest BCUT2D eigenvalue weighted by Gasteiger charge is 2.35. The molecule has 31 heavy (non-hydrogen) atoms. The summed E-state index contributed by atoms with van der Waals surface area (Å²) in [4.78, 5) is 21.9. The average Bonchev–Trinajstić information content (AvgIpc) is 3.58. The Balaban J connectivity index is 1.41. The molecule has 1 amide bonds. The number of ether oxygens (including phenoxy) is 2. The van der Waals surface area contributed by atoms with E-state index in [0.29, 0.717) is 17.9 Å². The zero-order valence-corrected chi connectivity index (χ0v) is 16.3. The van der Waals surface area contributed by atoms with Crippen molar-refractivity contribution in [2.45, 2.75) is 12.5 Å². The quantitative estimate of drug-likeness (QED) is 0.506. The number of benzene rings is 2. The number of hydrogen-bond acceptors (Lipinski definition) is 7. The molecule has 1 atom stereocenters. The highest BCUT2D eigenvalue weighted by atomic mass is 16.7. The molecule has 2 aromatic heterocycles. The SMILES string of the molecule is O=C(c1ccco1)N1N=C(c2ccc3c(c2)OCO3)C[C@H]1c1ccc2nccnc2c1. The lowest BCUT2D eigenvalue weighted by Crippen LogP contribution is -2.26. The summed E-state index contributed by atoms with van der Waals surface area (Å²) in [5, 5.41) is 6.17. The van der Waals surface area contributed by atoms with E-state index in [-0.39, 0.29) is 24.5 Å². The first kappa shape index (κ1) is 17.6. The number of carbonyl (C=O) groups is 1. The third-order valence-corrected chi connectivity index (χ3v) is 5.43. The van der Waals surface area contributed by atoms with Crippen molar-refractivity contribution in [1.82, 2.24) is 15.0 Å². The van der Waals surface area contributed by atoms with E-state index in [1.807, 2.05) is 36.4 Å². The first-order chi connectivity index (χ1) is 15.3. The molecule has 0 saturated heterocycles. The summed E-state index contributed by atoms with van der Waals surface area (Å²) in [5.41, 5.74) is 4.14. The molecule has 0 saturated carbocycles. The van der Waals surface area contributed by atoms with Gasteiger partial charge in [0, 0.05) is 24.4 Å². The van der Waals surface area contributed by atoms with Crippen LogP contribution < -0.4 is 9.47 Å². The Morgan fingerprint density at radius 3 is 2.71 bits per heavy atom. The Morgan fingerprint density at radius 1 is 0.968 bits per heavy atom. The van der Waals surface area contributed by atoms with Gasteiger partial charge in [-0.3, -0.25) is 14.8 Å². The normalized spacial score (nSPS) is 17.2. The van der Waals surface area contributed by atoms with E-state index in [9.17, 15) is 4.79 Å². The molecular weight excluding hydrogens is 396 g/mol. The Labute approximate surface area is 176 Å². The summed E-state index contributed by atoms with van der Waals surface area (Å²) in [5.74, 6) is 1.32. The van der Waals surface area contributed by atoms with Crippen LogP contribution in [0.2, 0.25) is 0 Å². The third-order valence-electron chi connectivity index (χ3n) is 5.43. The standard InChI is InChI=1S/C23H16N4O4/c28-23(21-2-1-9-29-21)27-19(15-3-5-16-18(10-15)25-8-7-24-16)12-17(26-27)14-4-6-20-22(11-14)31-13-30-20/h1-11,19H,12-13H2/t19-/m0/s1. The van der Waals surface area contributed by atoms with Crippen LogP contribution >= 0.6 is 0 Å². The molecule has 2 aliphatic heterocycles. The molecule has 8 heteroatoms. The molecule has 4 heterocycles. The predicted octanol–water partition coefficient (Wildman–Crippen LogP) is 3.94. The monoisotopic (exact) mass is 412 g/mol. The lowest BCUT2D eigenvalue weighted by atomic mass is 9.97. The Bertz CT molecular complexity index is 1330. The zero-order chi connectivity index (χ0) is 20.8. The van der Waals surface area contributed by atoms with Crippen molar-refractivity contribution in [3.63, 3.8) is 0 Å². The van der Waals surface area contributed by atoms with Crippen LogP contribution in [0.5, 0.6) is 11.5 Å². The van der Waals surface area contributed by atoms with E-state index in [1.54, 1.807) is 24.5 Å². The molecule has 0 unspecified atom stereocenters. The van der Waals surface area contributed by atoms with Gasteiger partial charge >= 0.3 is 5.91 Å². The average molecular weight is 412 g/mol. The van der Waals surface area contributed by atoms with Crippen LogP contribution in [-0.4, -0.2) is 33.4 Å². The van der Waals surface area contributed by atoms with Gasteiger partial charge in [0.1, 0.15) is 0 Å². The second-order valence-corrected chi connectivity index (χ2v) is 7.27. The van der Waals surface area contributed by atoms with Gasteiger partial charge in [0.05, 0.1) is 29.1 Å². The number of rotatable bonds is 3. The molecule has 0 spiro atoms. The lowest BCUT2D eigenvalue weighted by molar-refractivity contribution is 0.0678. The highest BCUT2D eigenvalue weighted by Crippen LogP contribution is 2.38. The van der Waals surface area contributed by atoms with Gasteiger partial charge in [0.25, 0.3) is 0 Å². The third kappa shape index (κ3) is 3.00. The molecule has 0 fully saturated rings. The molecule has 0 aliphatic carbocycles. The predicted molar refractivity (Wildman–Crippen MR) is 111 cm³/mol. The topological polar surface area (TPSA) is 90.1 Å². The van der Waals surface area contributed by atoms with Crippen LogP contribution in [0.25, 0.3) is 11.0 Å². The van der Waals surface area contributed by atoms with Crippen LogP contribution in [0.4, 0.5) is 0 Å². The fourth-order valence-electron chi connectivity index (χ4n) is 3.91. The lowest BCUT2D eigenvalue weighted by Gasteiger charge is -2.21. The number of hydrogen-bond donors (Lipinski definition) is 0. The maximum atomic E-state index is 13.2. The number of furan rings is 1. The number of amides is 1. The van der Waals surface area contributed by atoms with Crippen LogP contribution in [0, 0.1) is 0 Å². The van der Waals surface area contributed by atoms with Gasteiger partial charge in [-0.2, -0.15) is 5.10 Å². The van der Waals surface area contributed by atoms with E-state index in [2.05, 4.69) is 15.1 Å². The number of fused-ring (bicyclic) bond motifs is 2. The molecule has 4 aromatic rings. The maximum absolute atomic E-state index is 13.2. The van der Waals surface area contributed by atoms with Gasteiger partial charge in [-0.1, -0.05) is 6.07 Å². The van der Waals surface area contributed by atoms with Gasteiger partial charge < -0.3 is 13.9 Å². The van der Waals surface area contributed by atoms with Crippen molar-refractivity contribution in [2.24, 2.45) is 5.10 Å². The van der Waals surface area contributed by atoms with Crippen molar-refractivity contribution < 1.29 is 18.7 Å². The van der Waals surface area contributed by atoms with Crippen LogP contribution in [-0.2, 0) is 0 Å². The van der Waals surface area contributed by atoms with E-state index in [1.165, 1.54) is 11.3 Å². The summed E-state index contributed by atoms with van der Waals surface area (Å²) in [7, 11) is 0. The second kappa shape index (κ2) is 6.94. The van der Waals surface area contributed by atoms with Gasteiger partial charge in [-0.05, 0) is 48.0 Å². The Kier molecular flexibility index (Phi) is 3.95. The molecular formula is C23H16N4O4. The highest BCUT2D eigenvalue weighted by molar-refractivity contribution is 6.05. The molecule has 2 aliphatic rings. The molecule has 6 rings (SSSR count). The number of carbonyl (C=O) groups excluding carboxylic acids is 1. The van der Waals surface area contributed by atoms with Crippen molar-refractivity contribution in [2.75, 3.05) is 6.79 Å². The van der Waals surface area contributed by atoms with Crippen molar-refractivity contribution in [3.05, 3.63) is 84.1 Å². The zero-order valence-electron chi connectivity index (χ0n) is 16.3. The first-order valence-corrected chi connectivity index (χ1v) is 9.81. The van der Waals surface area contributed by atoms with E-state index < -0.39 is 0 Å². The molecule has 8 nitrogen and oxygen atoms in total. The molecule has 152 valence electrons. The van der Waals surface area contributed by atoms with Crippen LogP contribution in [0.15, 0.2) is 76.7 Å². The molecule has 2 aromatic carbocycles. The summed E-state index contributed by atoms with van der Waals surface area (Å²) >= 11 is 0. The van der Waals surface area contributed by atoms with Crippen molar-refractivity contribution in [1.29, 1.82) is 0 Å². The summed E-state index contributed by atoms with van der Waals surface area (Å²) in [6.45, 7) is 0.203. The van der Waals surface area contributed by atoms with Gasteiger partial charge in [0.2, 0.25) is 6.79 Å². The van der Waals surface area contributed by atoms with Gasteiger partial charge in [-0.25, -0.2) is 5.01 Å². The Hall–Kier alpha value is -4.20. The fourth-order valence-corrected chi connectivity index (χ4v) is 3.91. The second-order valence-electron chi connectivity index (χ2n) is 7.27. The number of aromatic nitrogens is 2. The van der Waals surface area contributed by atoms with Gasteiger partial charge in [-0.15, -0.1) is 0 Å². The van der Waals surface area contributed by atoms with Crippen LogP contribution in [0.1, 0.15) is 34.1 Å². The molecule has 0 radical (unpaired) electrons. The summed E-state index contributed by atoms with van der Waals surface area (Å²) < 4.78 is 16.3. The largest absolute Gasteiger partial charge is 0.459 e. The van der Waals surface area contributed by atoms with E-state index >= 15 is 0 Å². The smallest absolute Gasteiger partial charge is 0.310 e. The minimum atomic E-state index is -0.301. The number of nitrogens with zero attached hydrogens (tertiary/aromatic N) is 4. The van der Waals surface area contributed by atoms with E-state index in [0.717, 1.165) is 27.9 Å². The minimum Gasteiger partial charge on any atom is -0.459 e.